The molecule has 0 atom stereocenters. The number of aliphatic imine (C=N–C) groups is 1. The van der Waals surface area contributed by atoms with E-state index in [1.165, 1.54) is 25.7 Å². The van der Waals surface area contributed by atoms with Crippen LogP contribution in [0.3, 0.4) is 0 Å². The molecule has 7 heavy (non-hydrogen) atoms. The van der Waals surface area contributed by atoms with Gasteiger partial charge in [-0.1, -0.05) is 6.42 Å². The minimum Gasteiger partial charge on any atom is -0.298 e. The van der Waals surface area contributed by atoms with Gasteiger partial charge in [0.1, 0.15) is 0 Å². The number of rotatable bonds is 0. The molecule has 1 heterocycles. The van der Waals surface area contributed by atoms with Gasteiger partial charge in [0, 0.05) is 6.54 Å². The van der Waals surface area contributed by atoms with Gasteiger partial charge in [-0.2, -0.15) is 0 Å². The fourth-order valence-corrected chi connectivity index (χ4v) is 0.798. The van der Waals surface area contributed by atoms with Crippen molar-refractivity contribution in [3.63, 3.8) is 0 Å². The van der Waals surface area contributed by atoms with Gasteiger partial charge in [0.25, 0.3) is 0 Å². The maximum absolute atomic E-state index is 4.15. The van der Waals surface area contributed by atoms with Crippen molar-refractivity contribution in [1.29, 1.82) is 0 Å². The molecular formula is C6H11N. The van der Waals surface area contributed by atoms with Gasteiger partial charge in [0.2, 0.25) is 0 Å². The molecule has 1 rings (SSSR count). The Morgan fingerprint density at radius 1 is 1.14 bits per heavy atom. The zero-order valence-electron chi connectivity index (χ0n) is 4.56. The van der Waals surface area contributed by atoms with E-state index >= 15 is 0 Å². The lowest BCUT2D eigenvalue weighted by Crippen LogP contribution is -1.73. The summed E-state index contributed by atoms with van der Waals surface area (Å²) in [6, 6.07) is 0. The van der Waals surface area contributed by atoms with E-state index in [4.69, 9.17) is 0 Å². The molecule has 0 aromatic heterocycles. The van der Waals surface area contributed by atoms with E-state index in [1.54, 1.807) is 0 Å². The van der Waals surface area contributed by atoms with Crippen molar-refractivity contribution in [2.75, 3.05) is 6.54 Å². The molecule has 1 aliphatic rings. The first kappa shape index (κ1) is 4.82. The van der Waals surface area contributed by atoms with Crippen LogP contribution in [-0.4, -0.2) is 12.8 Å². The summed E-state index contributed by atoms with van der Waals surface area (Å²) >= 11 is 0. The predicted octanol–water partition coefficient (Wildman–Crippen LogP) is 1.63. The fourth-order valence-electron chi connectivity index (χ4n) is 0.798. The first-order chi connectivity index (χ1) is 3.50. The Morgan fingerprint density at radius 3 is 3.14 bits per heavy atom. The van der Waals surface area contributed by atoms with Crippen molar-refractivity contribution in [1.82, 2.24) is 0 Å². The summed E-state index contributed by atoms with van der Waals surface area (Å²) < 4.78 is 0. The van der Waals surface area contributed by atoms with Gasteiger partial charge >= 0.3 is 0 Å². The number of hydrogen-bond donors (Lipinski definition) is 0. The van der Waals surface area contributed by atoms with Crippen LogP contribution in [0.4, 0.5) is 0 Å². The average Bonchev–Trinajstić information content (AvgIpc) is 1.90. The Morgan fingerprint density at radius 2 is 2.14 bits per heavy atom. The molecule has 0 aromatic rings. The molecular weight excluding hydrogens is 86.1 g/mol. The maximum atomic E-state index is 4.15. The predicted molar refractivity (Wildman–Crippen MR) is 31.8 cm³/mol. The molecule has 0 saturated heterocycles. The first-order valence-electron chi connectivity index (χ1n) is 2.98. The highest BCUT2D eigenvalue weighted by Crippen LogP contribution is 2.01. The van der Waals surface area contributed by atoms with Gasteiger partial charge in [-0.3, -0.25) is 4.99 Å². The van der Waals surface area contributed by atoms with Crippen LogP contribution in [0.15, 0.2) is 4.99 Å². The molecule has 0 fully saturated rings. The number of hydrogen-bond acceptors (Lipinski definition) is 1. The van der Waals surface area contributed by atoms with Gasteiger partial charge in [0.15, 0.2) is 0 Å². The molecule has 1 nitrogen and oxygen atoms in total. The monoisotopic (exact) mass is 97.1 g/mol. The quantitative estimate of drug-likeness (QED) is 0.435. The fraction of sp³-hybridized carbons (Fsp3) is 0.833. The molecule has 1 aliphatic heterocycles. The van der Waals surface area contributed by atoms with Gasteiger partial charge < -0.3 is 0 Å². The largest absolute Gasteiger partial charge is 0.298 e. The zero-order valence-corrected chi connectivity index (χ0v) is 4.56. The summed E-state index contributed by atoms with van der Waals surface area (Å²) in [5, 5.41) is 0. The van der Waals surface area contributed by atoms with Crippen molar-refractivity contribution in [2.24, 2.45) is 4.99 Å². The van der Waals surface area contributed by atoms with Crippen LogP contribution >= 0.6 is 0 Å². The third-order valence-electron chi connectivity index (χ3n) is 1.25. The van der Waals surface area contributed by atoms with Crippen molar-refractivity contribution in [3.05, 3.63) is 0 Å². The van der Waals surface area contributed by atoms with E-state index in [-0.39, 0.29) is 0 Å². The Labute approximate surface area is 44.5 Å². The Hall–Kier alpha value is -0.330. The van der Waals surface area contributed by atoms with E-state index < -0.39 is 0 Å². The lowest BCUT2D eigenvalue weighted by molar-refractivity contribution is 0.732. The number of nitrogens with zero attached hydrogens (tertiary/aromatic N) is 1. The summed E-state index contributed by atoms with van der Waals surface area (Å²) in [6.07, 6.45) is 7.28. The van der Waals surface area contributed by atoms with Crippen LogP contribution in [0.5, 0.6) is 0 Å². The summed E-state index contributed by atoms with van der Waals surface area (Å²) in [6.45, 7) is 1.07. The molecule has 40 valence electrons. The van der Waals surface area contributed by atoms with Crippen LogP contribution in [0.2, 0.25) is 0 Å². The summed E-state index contributed by atoms with van der Waals surface area (Å²) in [7, 11) is 0. The Balaban J connectivity index is 2.20. The van der Waals surface area contributed by atoms with Crippen molar-refractivity contribution >= 4 is 6.21 Å². The second-order valence-corrected chi connectivity index (χ2v) is 1.94. The molecule has 0 spiro atoms. The van der Waals surface area contributed by atoms with Crippen LogP contribution in [0, 0.1) is 0 Å². The minimum atomic E-state index is 1.07. The van der Waals surface area contributed by atoms with E-state index in [1.807, 2.05) is 6.21 Å². The third kappa shape index (κ3) is 1.72. The van der Waals surface area contributed by atoms with Crippen molar-refractivity contribution in [3.8, 4) is 0 Å². The van der Waals surface area contributed by atoms with Gasteiger partial charge in [-0.15, -0.1) is 0 Å². The molecule has 0 radical (unpaired) electrons. The van der Waals surface area contributed by atoms with E-state index in [0.717, 1.165) is 6.54 Å². The average molecular weight is 97.2 g/mol. The molecule has 1 heteroatoms. The van der Waals surface area contributed by atoms with Crippen LogP contribution < -0.4 is 0 Å². The van der Waals surface area contributed by atoms with E-state index in [0.29, 0.717) is 0 Å². The van der Waals surface area contributed by atoms with Gasteiger partial charge in [-0.05, 0) is 25.5 Å². The maximum Gasteiger partial charge on any atom is 0.0385 e. The third-order valence-corrected chi connectivity index (χ3v) is 1.25. The zero-order chi connectivity index (χ0) is 4.95. The molecule has 0 saturated carbocycles. The summed E-state index contributed by atoms with van der Waals surface area (Å²) in [5.74, 6) is 0. The topological polar surface area (TPSA) is 12.4 Å². The summed E-state index contributed by atoms with van der Waals surface area (Å²) in [4.78, 5) is 4.15. The highest BCUT2D eigenvalue weighted by atomic mass is 14.7. The van der Waals surface area contributed by atoms with E-state index in [2.05, 4.69) is 4.99 Å². The minimum absolute atomic E-state index is 1.07. The Kier molecular flexibility index (Phi) is 1.91. The lowest BCUT2D eigenvalue weighted by Gasteiger charge is -1.85. The molecule has 0 bridgehead atoms. The van der Waals surface area contributed by atoms with Crippen LogP contribution in [-0.2, 0) is 0 Å². The highest BCUT2D eigenvalue weighted by Gasteiger charge is 1.89. The molecule has 0 unspecified atom stereocenters. The van der Waals surface area contributed by atoms with Gasteiger partial charge in [-0.25, -0.2) is 0 Å². The molecule has 0 N–H and O–H groups in total. The first-order valence-corrected chi connectivity index (χ1v) is 2.98. The normalized spacial score (nSPS) is 21.7. The van der Waals surface area contributed by atoms with Crippen molar-refractivity contribution < 1.29 is 0 Å². The summed E-state index contributed by atoms with van der Waals surface area (Å²) in [5.41, 5.74) is 0. The second-order valence-electron chi connectivity index (χ2n) is 1.94. The lowest BCUT2D eigenvalue weighted by atomic mass is 10.2. The standard InChI is InChI=1S/C6H11N/c1-2-4-6-7-5-3-1/h5H,1-4,6H2. The van der Waals surface area contributed by atoms with Gasteiger partial charge in [0.05, 0.1) is 0 Å². The smallest absolute Gasteiger partial charge is 0.0385 e. The second kappa shape index (κ2) is 2.78. The van der Waals surface area contributed by atoms with Crippen LogP contribution in [0.1, 0.15) is 25.7 Å². The highest BCUT2D eigenvalue weighted by molar-refractivity contribution is 5.57. The van der Waals surface area contributed by atoms with Crippen molar-refractivity contribution in [2.45, 2.75) is 25.7 Å². The molecule has 0 aromatic carbocycles. The Bertz CT molecular complexity index is 58.6. The molecule has 0 amide bonds. The van der Waals surface area contributed by atoms with E-state index in [9.17, 15) is 0 Å². The molecule has 0 aliphatic carbocycles. The van der Waals surface area contributed by atoms with Crippen LogP contribution in [0.25, 0.3) is 0 Å². The SMILES string of the molecule is C1=NCCCCC1.